The summed E-state index contributed by atoms with van der Waals surface area (Å²) in [6.45, 7) is 4.47. The van der Waals surface area contributed by atoms with Gasteiger partial charge in [0.05, 0.1) is 6.42 Å². The molecule has 0 bridgehead atoms. The van der Waals surface area contributed by atoms with Gasteiger partial charge in [-0.1, -0.05) is 32.4 Å². The maximum Gasteiger partial charge on any atom is 0.224 e. The third-order valence-corrected chi connectivity index (χ3v) is 2.46. The summed E-state index contributed by atoms with van der Waals surface area (Å²) >= 11 is 0. The van der Waals surface area contributed by atoms with Gasteiger partial charge in [-0.25, -0.2) is 4.39 Å². The quantitative estimate of drug-likeness (QED) is 0.815. The van der Waals surface area contributed by atoms with Gasteiger partial charge >= 0.3 is 0 Å². The van der Waals surface area contributed by atoms with Crippen LogP contribution in [-0.2, 0) is 11.3 Å². The van der Waals surface area contributed by atoms with Crippen LogP contribution in [0.1, 0.15) is 25.8 Å². The van der Waals surface area contributed by atoms with Crippen molar-refractivity contribution in [2.24, 2.45) is 5.92 Å². The lowest BCUT2D eigenvalue weighted by molar-refractivity contribution is -0.118. The number of benzene rings is 1. The maximum absolute atomic E-state index is 12.6. The fourth-order valence-electron chi connectivity index (χ4n) is 1.23. The molecule has 0 saturated heterocycles. The van der Waals surface area contributed by atoms with Gasteiger partial charge in [-0.05, 0) is 23.6 Å². The molecule has 0 aliphatic rings. The molecule has 0 aliphatic carbocycles. The molecule has 0 aliphatic heterocycles. The van der Waals surface area contributed by atoms with E-state index in [1.807, 2.05) is 13.8 Å². The Kier molecular flexibility index (Phi) is 4.96. The lowest BCUT2D eigenvalue weighted by Gasteiger charge is -2.08. The molecule has 0 aromatic heterocycles. The monoisotopic (exact) mass is 222 g/mol. The molecule has 0 heterocycles. The number of carbonyl (C=O) groups is 1. The van der Waals surface area contributed by atoms with E-state index in [9.17, 15) is 9.18 Å². The fourth-order valence-corrected chi connectivity index (χ4v) is 1.23. The van der Waals surface area contributed by atoms with Crippen molar-refractivity contribution in [1.82, 2.24) is 5.32 Å². The van der Waals surface area contributed by atoms with Crippen molar-refractivity contribution in [2.45, 2.75) is 26.8 Å². The third-order valence-electron chi connectivity index (χ3n) is 2.46. The van der Waals surface area contributed by atoms with Crippen LogP contribution in [0.4, 0.5) is 4.39 Å². The zero-order valence-corrected chi connectivity index (χ0v) is 9.66. The predicted octanol–water partition coefficient (Wildman–Crippen LogP) is 2.69. The smallest absolute Gasteiger partial charge is 0.224 e. The van der Waals surface area contributed by atoms with Gasteiger partial charge < -0.3 is 5.32 Å². The minimum absolute atomic E-state index is 0.0707. The summed E-state index contributed by atoms with van der Waals surface area (Å²) in [7, 11) is 0. The van der Waals surface area contributed by atoms with E-state index in [1.165, 1.54) is 12.1 Å². The third kappa shape index (κ3) is 4.43. The first-order valence-electron chi connectivity index (χ1n) is 5.49. The van der Waals surface area contributed by atoms with Gasteiger partial charge in [-0.15, -0.1) is 0 Å². The van der Waals surface area contributed by atoms with E-state index < -0.39 is 0 Å². The van der Waals surface area contributed by atoms with Crippen molar-refractivity contribution in [3.8, 4) is 0 Å². The van der Waals surface area contributed by atoms with E-state index in [1.54, 1.807) is 18.6 Å². The highest BCUT2D eigenvalue weighted by atomic mass is 19.1. The number of hydrogen-bond donors (Lipinski definition) is 1. The Morgan fingerprint density at radius 1 is 1.44 bits per heavy atom. The van der Waals surface area contributed by atoms with Crippen LogP contribution in [0.15, 0.2) is 24.3 Å². The zero-order valence-electron chi connectivity index (χ0n) is 9.66. The van der Waals surface area contributed by atoms with E-state index in [2.05, 4.69) is 5.32 Å². The van der Waals surface area contributed by atoms with Crippen LogP contribution in [0, 0.1) is 18.2 Å². The van der Waals surface area contributed by atoms with Gasteiger partial charge in [0.2, 0.25) is 5.91 Å². The summed E-state index contributed by atoms with van der Waals surface area (Å²) in [5, 5.41) is 2.77. The maximum atomic E-state index is 12.6. The van der Waals surface area contributed by atoms with E-state index in [0.717, 1.165) is 12.0 Å². The number of halogens is 1. The lowest BCUT2D eigenvalue weighted by Crippen LogP contribution is -2.24. The summed E-state index contributed by atoms with van der Waals surface area (Å²) in [5.74, 6) is -0.0480. The first kappa shape index (κ1) is 12.7. The molecule has 16 heavy (non-hydrogen) atoms. The molecule has 1 atom stereocenters. The SMILES string of the molecule is CCC(C)[CH]C(=O)NCc1ccc(F)cc1. The number of amides is 1. The fraction of sp³-hybridized carbons (Fsp3) is 0.385. The molecule has 1 rings (SSSR count). The normalized spacial score (nSPS) is 12.2. The van der Waals surface area contributed by atoms with E-state index >= 15 is 0 Å². The van der Waals surface area contributed by atoms with E-state index in [4.69, 9.17) is 0 Å². The minimum atomic E-state index is -0.263. The minimum Gasteiger partial charge on any atom is -0.352 e. The summed E-state index contributed by atoms with van der Waals surface area (Å²) < 4.78 is 12.6. The molecule has 0 spiro atoms. The first-order chi connectivity index (χ1) is 7.61. The van der Waals surface area contributed by atoms with Crippen LogP contribution in [0.3, 0.4) is 0 Å². The van der Waals surface area contributed by atoms with Crippen molar-refractivity contribution < 1.29 is 9.18 Å². The second kappa shape index (κ2) is 6.26. The van der Waals surface area contributed by atoms with Gasteiger partial charge in [0, 0.05) is 6.54 Å². The molecular formula is C13H17FNO. The molecule has 1 unspecified atom stereocenters. The Hall–Kier alpha value is -1.38. The Bertz CT molecular complexity index is 334. The van der Waals surface area contributed by atoms with Crippen LogP contribution in [-0.4, -0.2) is 5.91 Å². The summed E-state index contributed by atoms with van der Waals surface area (Å²) in [4.78, 5) is 11.4. The summed E-state index contributed by atoms with van der Waals surface area (Å²) in [5.41, 5.74) is 0.896. The largest absolute Gasteiger partial charge is 0.352 e. The van der Waals surface area contributed by atoms with Gasteiger partial charge in [0.1, 0.15) is 5.82 Å². The van der Waals surface area contributed by atoms with Crippen LogP contribution in [0.2, 0.25) is 0 Å². The summed E-state index contributed by atoms with van der Waals surface area (Å²) in [6.07, 6.45) is 2.62. The number of nitrogens with one attached hydrogen (secondary N) is 1. The van der Waals surface area contributed by atoms with Crippen molar-refractivity contribution in [1.29, 1.82) is 0 Å². The Balaban J connectivity index is 2.34. The second-order valence-corrected chi connectivity index (χ2v) is 3.90. The Labute approximate surface area is 95.9 Å². The second-order valence-electron chi connectivity index (χ2n) is 3.90. The molecule has 1 aromatic rings. The molecule has 1 aromatic carbocycles. The van der Waals surface area contributed by atoms with Crippen LogP contribution < -0.4 is 5.32 Å². The Morgan fingerprint density at radius 3 is 2.62 bits per heavy atom. The average molecular weight is 222 g/mol. The molecule has 2 nitrogen and oxygen atoms in total. The van der Waals surface area contributed by atoms with Crippen molar-refractivity contribution >= 4 is 5.91 Å². The molecule has 1 N–H and O–H groups in total. The standard InChI is InChI=1S/C13H17FNO/c1-3-10(2)8-13(16)15-9-11-4-6-12(14)7-5-11/h4-8,10H,3,9H2,1-2H3,(H,15,16). The molecule has 1 radical (unpaired) electrons. The number of hydrogen-bond acceptors (Lipinski definition) is 1. The van der Waals surface area contributed by atoms with Crippen molar-refractivity contribution in [3.05, 3.63) is 42.1 Å². The molecule has 0 saturated carbocycles. The Morgan fingerprint density at radius 2 is 2.06 bits per heavy atom. The molecular weight excluding hydrogens is 205 g/mol. The summed E-state index contributed by atoms with van der Waals surface area (Å²) in [6, 6.07) is 6.11. The first-order valence-corrected chi connectivity index (χ1v) is 5.49. The van der Waals surface area contributed by atoms with Gasteiger partial charge in [0.25, 0.3) is 0 Å². The van der Waals surface area contributed by atoms with Gasteiger partial charge in [-0.3, -0.25) is 4.79 Å². The van der Waals surface area contributed by atoms with Crippen molar-refractivity contribution in [2.75, 3.05) is 0 Å². The van der Waals surface area contributed by atoms with Gasteiger partial charge in [-0.2, -0.15) is 0 Å². The highest BCUT2D eigenvalue weighted by Crippen LogP contribution is 2.05. The molecule has 0 fully saturated rings. The number of carbonyl (C=O) groups excluding carboxylic acids is 1. The topological polar surface area (TPSA) is 29.1 Å². The van der Waals surface area contributed by atoms with Crippen LogP contribution >= 0.6 is 0 Å². The highest BCUT2D eigenvalue weighted by molar-refractivity contribution is 5.84. The highest BCUT2D eigenvalue weighted by Gasteiger charge is 2.07. The van der Waals surface area contributed by atoms with E-state index in [-0.39, 0.29) is 17.6 Å². The van der Waals surface area contributed by atoms with Gasteiger partial charge in [0.15, 0.2) is 0 Å². The van der Waals surface area contributed by atoms with Crippen LogP contribution in [0.5, 0.6) is 0 Å². The molecule has 1 amide bonds. The number of rotatable bonds is 5. The molecule has 3 heteroatoms. The zero-order chi connectivity index (χ0) is 12.0. The predicted molar refractivity (Wildman–Crippen MR) is 62.0 cm³/mol. The van der Waals surface area contributed by atoms with E-state index in [0.29, 0.717) is 6.54 Å². The van der Waals surface area contributed by atoms with Crippen molar-refractivity contribution in [3.63, 3.8) is 0 Å². The lowest BCUT2D eigenvalue weighted by atomic mass is 10.1. The van der Waals surface area contributed by atoms with Crippen LogP contribution in [0.25, 0.3) is 0 Å². The molecule has 87 valence electrons. The average Bonchev–Trinajstić information content (AvgIpc) is 2.28.